The Bertz CT molecular complexity index is 561. The van der Waals surface area contributed by atoms with Gasteiger partial charge in [-0.05, 0) is 36.0 Å². The quantitative estimate of drug-likeness (QED) is 0.834. The zero-order valence-corrected chi connectivity index (χ0v) is 12.3. The molecule has 1 fully saturated rings. The first-order chi connectivity index (χ1) is 9.88. The molecule has 1 aromatic rings. The third kappa shape index (κ3) is 3.90. The summed E-state index contributed by atoms with van der Waals surface area (Å²) < 4.78 is 0. The van der Waals surface area contributed by atoms with Crippen LogP contribution in [0, 0.1) is 5.41 Å². The highest BCUT2D eigenvalue weighted by molar-refractivity contribution is 5.92. The average Bonchev–Trinajstić information content (AvgIpc) is 2.76. The summed E-state index contributed by atoms with van der Waals surface area (Å²) in [5, 5.41) is 11.6. The number of carbonyl (C=O) groups excluding carboxylic acids is 1. The van der Waals surface area contributed by atoms with Crippen molar-refractivity contribution < 1.29 is 14.7 Å². The Labute approximate surface area is 124 Å². The summed E-state index contributed by atoms with van der Waals surface area (Å²) in [4.78, 5) is 26.7. The SMILES string of the molecule is CC1(C)CCCC1NC(=O)c1ccc(C=CC(=O)O)cn1. The van der Waals surface area contributed by atoms with Crippen molar-refractivity contribution in [3.8, 4) is 0 Å². The lowest BCUT2D eigenvalue weighted by atomic mass is 9.87. The van der Waals surface area contributed by atoms with Crippen molar-refractivity contribution in [2.24, 2.45) is 5.41 Å². The minimum atomic E-state index is -1.01. The number of carbonyl (C=O) groups is 2. The first-order valence-electron chi connectivity index (χ1n) is 7.06. The number of aromatic nitrogens is 1. The highest BCUT2D eigenvalue weighted by Gasteiger charge is 2.35. The number of pyridine rings is 1. The van der Waals surface area contributed by atoms with Gasteiger partial charge in [-0.1, -0.05) is 26.3 Å². The maximum absolute atomic E-state index is 12.2. The lowest BCUT2D eigenvalue weighted by molar-refractivity contribution is -0.131. The van der Waals surface area contributed by atoms with Crippen molar-refractivity contribution in [2.45, 2.75) is 39.2 Å². The summed E-state index contributed by atoms with van der Waals surface area (Å²) in [7, 11) is 0. The van der Waals surface area contributed by atoms with E-state index in [1.165, 1.54) is 12.3 Å². The molecule has 112 valence electrons. The summed E-state index contributed by atoms with van der Waals surface area (Å²) in [6, 6.07) is 3.47. The molecule has 1 heterocycles. The van der Waals surface area contributed by atoms with Gasteiger partial charge < -0.3 is 10.4 Å². The molecule has 0 aromatic carbocycles. The van der Waals surface area contributed by atoms with Crippen molar-refractivity contribution in [1.29, 1.82) is 0 Å². The lowest BCUT2D eigenvalue weighted by Gasteiger charge is -2.27. The van der Waals surface area contributed by atoms with Crippen LogP contribution in [0.25, 0.3) is 6.08 Å². The van der Waals surface area contributed by atoms with Crippen molar-refractivity contribution in [1.82, 2.24) is 10.3 Å². The molecule has 21 heavy (non-hydrogen) atoms. The Hall–Kier alpha value is -2.17. The highest BCUT2D eigenvalue weighted by atomic mass is 16.4. The monoisotopic (exact) mass is 288 g/mol. The van der Waals surface area contributed by atoms with E-state index >= 15 is 0 Å². The molecule has 1 unspecified atom stereocenters. The van der Waals surface area contributed by atoms with Crippen LogP contribution in [0.3, 0.4) is 0 Å². The van der Waals surface area contributed by atoms with Crippen molar-refractivity contribution in [3.63, 3.8) is 0 Å². The second kappa shape index (κ2) is 6.08. The normalized spacial score (nSPS) is 20.6. The van der Waals surface area contributed by atoms with Gasteiger partial charge in [-0.25, -0.2) is 4.79 Å². The van der Waals surface area contributed by atoms with Gasteiger partial charge in [0.25, 0.3) is 5.91 Å². The molecule has 0 aliphatic heterocycles. The molecule has 0 radical (unpaired) electrons. The minimum Gasteiger partial charge on any atom is -0.478 e. The van der Waals surface area contributed by atoms with Crippen LogP contribution in [0.2, 0.25) is 0 Å². The van der Waals surface area contributed by atoms with Crippen LogP contribution >= 0.6 is 0 Å². The average molecular weight is 288 g/mol. The molecule has 1 amide bonds. The van der Waals surface area contributed by atoms with E-state index in [1.54, 1.807) is 12.1 Å². The van der Waals surface area contributed by atoms with E-state index in [4.69, 9.17) is 5.11 Å². The number of carboxylic acid groups (broad SMARTS) is 1. The largest absolute Gasteiger partial charge is 0.478 e. The van der Waals surface area contributed by atoms with Crippen LogP contribution in [0.1, 0.15) is 49.2 Å². The Morgan fingerprint density at radius 1 is 1.43 bits per heavy atom. The van der Waals surface area contributed by atoms with Gasteiger partial charge in [0.05, 0.1) is 0 Å². The number of carboxylic acids is 1. The van der Waals surface area contributed by atoms with Gasteiger partial charge >= 0.3 is 5.97 Å². The van der Waals surface area contributed by atoms with Gasteiger partial charge in [-0.15, -0.1) is 0 Å². The first-order valence-corrected chi connectivity index (χ1v) is 7.06. The minimum absolute atomic E-state index is 0.125. The summed E-state index contributed by atoms with van der Waals surface area (Å²) in [5.41, 5.74) is 1.13. The number of rotatable bonds is 4. The molecular weight excluding hydrogens is 268 g/mol. The van der Waals surface area contributed by atoms with Crippen LogP contribution in [0.4, 0.5) is 0 Å². The maximum Gasteiger partial charge on any atom is 0.328 e. The fraction of sp³-hybridized carbons (Fsp3) is 0.438. The van der Waals surface area contributed by atoms with Crippen molar-refractivity contribution in [2.75, 3.05) is 0 Å². The van der Waals surface area contributed by atoms with E-state index in [-0.39, 0.29) is 17.4 Å². The Balaban J connectivity index is 2.01. The van der Waals surface area contributed by atoms with Crippen LogP contribution in [-0.2, 0) is 4.79 Å². The number of hydrogen-bond donors (Lipinski definition) is 2. The second-order valence-corrected chi connectivity index (χ2v) is 6.06. The third-order valence-electron chi connectivity index (χ3n) is 4.00. The molecule has 1 atom stereocenters. The molecule has 1 aliphatic carbocycles. The summed E-state index contributed by atoms with van der Waals surface area (Å²) in [5.74, 6) is -1.19. The van der Waals surface area contributed by atoms with E-state index in [0.29, 0.717) is 11.3 Å². The lowest BCUT2D eigenvalue weighted by Crippen LogP contribution is -2.41. The molecule has 2 rings (SSSR count). The van der Waals surface area contributed by atoms with Crippen LogP contribution in [0.5, 0.6) is 0 Å². The third-order valence-corrected chi connectivity index (χ3v) is 4.00. The summed E-state index contributed by atoms with van der Waals surface area (Å²) >= 11 is 0. The van der Waals surface area contributed by atoms with Gasteiger partial charge in [-0.3, -0.25) is 9.78 Å². The number of amides is 1. The fourth-order valence-corrected chi connectivity index (χ4v) is 2.63. The Morgan fingerprint density at radius 3 is 2.71 bits per heavy atom. The molecular formula is C16H20N2O3. The van der Waals surface area contributed by atoms with E-state index in [1.807, 2.05) is 0 Å². The van der Waals surface area contributed by atoms with Gasteiger partial charge in [0.1, 0.15) is 5.69 Å². The van der Waals surface area contributed by atoms with Crippen LogP contribution in [0.15, 0.2) is 24.4 Å². The number of nitrogens with one attached hydrogen (secondary N) is 1. The zero-order chi connectivity index (χ0) is 15.5. The molecule has 0 spiro atoms. The van der Waals surface area contributed by atoms with E-state index in [2.05, 4.69) is 24.1 Å². The number of nitrogens with zero attached hydrogens (tertiary/aromatic N) is 1. The molecule has 0 bridgehead atoms. The smallest absolute Gasteiger partial charge is 0.328 e. The summed E-state index contributed by atoms with van der Waals surface area (Å²) in [6.45, 7) is 4.33. The van der Waals surface area contributed by atoms with Crippen LogP contribution in [-0.4, -0.2) is 28.0 Å². The Kier molecular flexibility index (Phi) is 4.40. The van der Waals surface area contributed by atoms with Gasteiger partial charge in [0.2, 0.25) is 0 Å². The van der Waals surface area contributed by atoms with E-state index < -0.39 is 5.97 Å². The molecule has 1 aromatic heterocycles. The standard InChI is InChI=1S/C16H20N2O3/c1-16(2)9-3-4-13(16)18-15(21)12-7-5-11(10-17-12)6-8-14(19)20/h5-8,10,13H,3-4,9H2,1-2H3,(H,18,21)(H,19,20). The van der Waals surface area contributed by atoms with Crippen LogP contribution < -0.4 is 5.32 Å². The van der Waals surface area contributed by atoms with E-state index in [9.17, 15) is 9.59 Å². The van der Waals surface area contributed by atoms with Gasteiger partial charge in [0.15, 0.2) is 0 Å². The molecule has 5 heteroatoms. The van der Waals surface area contributed by atoms with Crippen molar-refractivity contribution in [3.05, 3.63) is 35.7 Å². The molecule has 0 saturated heterocycles. The van der Waals surface area contributed by atoms with Gasteiger partial charge in [0, 0.05) is 18.3 Å². The molecule has 2 N–H and O–H groups in total. The second-order valence-electron chi connectivity index (χ2n) is 6.06. The topological polar surface area (TPSA) is 79.3 Å². The maximum atomic E-state index is 12.2. The molecule has 1 aliphatic rings. The summed E-state index contributed by atoms with van der Waals surface area (Å²) in [6.07, 6.45) is 7.22. The first kappa shape index (κ1) is 15.2. The highest BCUT2D eigenvalue weighted by Crippen LogP contribution is 2.37. The fourth-order valence-electron chi connectivity index (χ4n) is 2.63. The van der Waals surface area contributed by atoms with Crippen molar-refractivity contribution >= 4 is 18.0 Å². The molecule has 1 saturated carbocycles. The Morgan fingerprint density at radius 2 is 2.19 bits per heavy atom. The predicted octanol–water partition coefficient (Wildman–Crippen LogP) is 2.49. The molecule has 5 nitrogen and oxygen atoms in total. The van der Waals surface area contributed by atoms with E-state index in [0.717, 1.165) is 25.3 Å². The predicted molar refractivity (Wildman–Crippen MR) is 79.8 cm³/mol. The number of hydrogen-bond acceptors (Lipinski definition) is 3. The zero-order valence-electron chi connectivity index (χ0n) is 12.3. The van der Waals surface area contributed by atoms with Gasteiger partial charge in [-0.2, -0.15) is 0 Å². The number of aliphatic carboxylic acids is 1.